The highest BCUT2D eigenvalue weighted by Crippen LogP contribution is 2.47. The number of nitrogens with zero attached hydrogens (tertiary/aromatic N) is 8. The number of aryl methyl sites for hydroxylation is 3. The monoisotopic (exact) mass is 1450 g/mol. The molecule has 0 bridgehead atoms. The van der Waals surface area contributed by atoms with Gasteiger partial charge in [-0.05, 0) is 147 Å². The fourth-order valence-corrected chi connectivity index (χ4v) is 17.7. The van der Waals surface area contributed by atoms with E-state index in [2.05, 4.69) is 368 Å². The van der Waals surface area contributed by atoms with E-state index in [1.165, 1.54) is 142 Å². The first kappa shape index (κ1) is 66.0. The van der Waals surface area contributed by atoms with Gasteiger partial charge in [-0.2, -0.15) is 0 Å². The number of benzene rings is 15. The van der Waals surface area contributed by atoms with Crippen molar-refractivity contribution < 1.29 is 0 Å². The van der Waals surface area contributed by atoms with Gasteiger partial charge in [0.25, 0.3) is 0 Å². The van der Waals surface area contributed by atoms with Crippen LogP contribution in [-0.4, -0.2) is 38.1 Å². The van der Waals surface area contributed by atoms with E-state index in [4.69, 9.17) is 24.9 Å². The van der Waals surface area contributed by atoms with Crippen molar-refractivity contribution in [2.45, 2.75) is 20.8 Å². The Bertz CT molecular complexity index is 6930. The molecule has 9 heterocycles. The second-order valence-corrected chi connectivity index (χ2v) is 30.1. The molecule has 0 aliphatic rings. The van der Waals surface area contributed by atoms with Crippen molar-refractivity contribution >= 4 is 114 Å². The van der Waals surface area contributed by atoms with Crippen LogP contribution >= 0.6 is 0 Å². The Labute approximate surface area is 657 Å². The van der Waals surface area contributed by atoms with Crippen LogP contribution in [0.3, 0.4) is 0 Å². The molecule has 24 rings (SSSR count). The molecule has 0 N–H and O–H groups in total. The Hall–Kier alpha value is -15.0. The Kier molecular flexibility index (Phi) is 15.4. The molecule has 0 amide bonds. The van der Waals surface area contributed by atoms with Gasteiger partial charge in [0.1, 0.15) is 0 Å². The average Bonchev–Trinajstić information content (AvgIpc) is 1.55. The van der Waals surface area contributed by atoms with Crippen molar-refractivity contribution in [2.75, 3.05) is 0 Å². The molecule has 0 radical (unpaired) electrons. The minimum absolute atomic E-state index is 0.733. The number of fused-ring (bicyclic) bond motifs is 18. The van der Waals surface area contributed by atoms with E-state index in [0.29, 0.717) is 0 Å². The van der Waals surface area contributed by atoms with Gasteiger partial charge in [0.2, 0.25) is 0 Å². The Morgan fingerprint density at radius 1 is 0.158 bits per heavy atom. The number of hydrogen-bond acceptors (Lipinski definition) is 5. The Morgan fingerprint density at radius 2 is 0.404 bits per heavy atom. The Morgan fingerprint density at radius 3 is 0.746 bits per heavy atom. The van der Waals surface area contributed by atoms with E-state index < -0.39 is 0 Å². The van der Waals surface area contributed by atoms with E-state index in [9.17, 15) is 0 Å². The molecule has 0 fully saturated rings. The summed E-state index contributed by atoms with van der Waals surface area (Å²) in [6.45, 7) is 6.49. The maximum atomic E-state index is 5.23. The number of hydrogen-bond donors (Lipinski definition) is 0. The van der Waals surface area contributed by atoms with E-state index in [0.717, 1.165) is 90.3 Å². The predicted octanol–water partition coefficient (Wildman–Crippen LogP) is 27.4. The molecular weight excluding hydrogens is 1390 g/mol. The predicted molar refractivity (Wildman–Crippen MR) is 475 cm³/mol. The van der Waals surface area contributed by atoms with Gasteiger partial charge in [0.15, 0.2) is 11.6 Å². The zero-order valence-electron chi connectivity index (χ0n) is 62.8. The third-order valence-electron chi connectivity index (χ3n) is 22.9. The summed E-state index contributed by atoms with van der Waals surface area (Å²) >= 11 is 0. The topological polar surface area (TPSA) is 77.7 Å². The van der Waals surface area contributed by atoms with Crippen molar-refractivity contribution in [2.24, 2.45) is 0 Å². The van der Waals surface area contributed by atoms with Crippen LogP contribution in [0.4, 0.5) is 0 Å². The van der Waals surface area contributed by atoms with Crippen LogP contribution in [0.2, 0.25) is 0 Å². The summed E-state index contributed by atoms with van der Waals surface area (Å²) in [4.78, 5) is 25.6. The van der Waals surface area contributed by atoms with Crippen molar-refractivity contribution in [1.82, 2.24) is 38.1 Å². The molecule has 0 saturated carbocycles. The fourth-order valence-electron chi connectivity index (χ4n) is 17.7. The lowest BCUT2D eigenvalue weighted by Gasteiger charge is -2.11. The quantitative estimate of drug-likeness (QED) is 0.144. The number of rotatable bonds is 9. The molecule has 0 aliphatic carbocycles. The summed E-state index contributed by atoms with van der Waals surface area (Å²) in [5.41, 5.74) is 31.7. The highest BCUT2D eigenvalue weighted by Gasteiger charge is 2.25. The van der Waals surface area contributed by atoms with Crippen molar-refractivity contribution in [1.29, 1.82) is 0 Å². The van der Waals surface area contributed by atoms with E-state index in [1.54, 1.807) is 0 Å². The highest BCUT2D eigenvalue weighted by molar-refractivity contribution is 6.27. The normalized spacial score (nSPS) is 11.8. The zero-order valence-corrected chi connectivity index (χ0v) is 62.8. The lowest BCUT2D eigenvalue weighted by molar-refractivity contribution is 1.18. The number of para-hydroxylation sites is 3. The smallest absolute Gasteiger partial charge is 0.160 e. The standard InChI is InChI=1S/C36H24N2.2C35H23N3/c1-23-16-17-35-29(18-23)31-20-27(19-30-28-14-8-9-15-34(28)38(35)36(30)31)33-22-26(24-10-4-2-5-11-24)21-32(37-33)25-12-6-3-7-13-25;1-22-16-17-33-27(18-22)29-20-25(19-28-26-14-8-9-15-32(26)38(33)34(28)29)31-21-30(23-10-4-2-5-11-23)36-35(37-31)24-12-6-3-7-13-24;1-22-16-17-33-27(18-22)29-20-25(19-28-26-14-8-9-15-32(26)38(33)34(28)29)35-36-30(23-10-4-2-5-11-23)21-31(37-35)24-12-6-3-7-13-24/h2-22H,1H3;2*2-21H,1H3. The van der Waals surface area contributed by atoms with Crippen molar-refractivity contribution in [3.05, 3.63) is 387 Å². The van der Waals surface area contributed by atoms with Gasteiger partial charge in [-0.15, -0.1) is 0 Å². The minimum atomic E-state index is 0.733. The van der Waals surface area contributed by atoms with E-state index in [1.807, 2.05) is 36.4 Å². The van der Waals surface area contributed by atoms with Crippen LogP contribution in [0.15, 0.2) is 370 Å². The summed E-state index contributed by atoms with van der Waals surface area (Å²) in [5, 5.41) is 15.2. The fraction of sp³-hybridized carbons (Fsp3) is 0.0283. The molecule has 0 aliphatic heterocycles. The number of pyridine rings is 1. The van der Waals surface area contributed by atoms with Gasteiger partial charge in [-0.3, -0.25) is 0 Å². The van der Waals surface area contributed by atoms with Crippen LogP contribution in [0, 0.1) is 20.8 Å². The molecule has 8 heteroatoms. The highest BCUT2D eigenvalue weighted by atomic mass is 14.9. The summed E-state index contributed by atoms with van der Waals surface area (Å²) in [6.07, 6.45) is 0. The molecule has 114 heavy (non-hydrogen) atoms. The lowest BCUT2D eigenvalue weighted by Crippen LogP contribution is -1.96. The maximum absolute atomic E-state index is 5.23. The summed E-state index contributed by atoms with van der Waals surface area (Å²) in [7, 11) is 0. The van der Waals surface area contributed by atoms with Gasteiger partial charge in [-0.1, -0.05) is 271 Å². The lowest BCUT2D eigenvalue weighted by atomic mass is 9.98. The second kappa shape index (κ2) is 26.7. The molecule has 0 saturated heterocycles. The summed E-state index contributed by atoms with van der Waals surface area (Å²) < 4.78 is 7.26. The molecular formula is C106H70N8. The molecule has 24 aromatic rings. The zero-order chi connectivity index (χ0) is 75.6. The van der Waals surface area contributed by atoms with Gasteiger partial charge >= 0.3 is 0 Å². The SMILES string of the molecule is Cc1ccc2c(c1)c1cc(-c3cc(-c4ccccc4)cc(-c4ccccc4)n3)cc3c4ccccc4n2c31.Cc1ccc2c(c1)c1cc(-c3cc(-c4ccccc4)nc(-c4ccccc4)n3)cc3c4ccccc4n2c31.Cc1ccc2c(c1)c1cc(-c3nc(-c4ccccc4)cc(-c4ccccc4)n3)cc3c4ccccc4n2c31. The Balaban J connectivity index is 0.000000104. The summed E-state index contributed by atoms with van der Waals surface area (Å²) in [5.74, 6) is 1.47. The maximum Gasteiger partial charge on any atom is 0.160 e. The molecule has 0 unspecified atom stereocenters. The first-order valence-corrected chi connectivity index (χ1v) is 38.9. The summed E-state index contributed by atoms with van der Waals surface area (Å²) in [6, 6.07) is 131. The van der Waals surface area contributed by atoms with Crippen LogP contribution in [0.1, 0.15) is 16.7 Å². The van der Waals surface area contributed by atoms with Crippen LogP contribution in [-0.2, 0) is 0 Å². The second-order valence-electron chi connectivity index (χ2n) is 30.1. The van der Waals surface area contributed by atoms with Crippen molar-refractivity contribution in [3.8, 4) is 101 Å². The van der Waals surface area contributed by atoms with Crippen LogP contribution < -0.4 is 0 Å². The first-order chi connectivity index (χ1) is 56.2. The number of aromatic nitrogens is 8. The van der Waals surface area contributed by atoms with Gasteiger partial charge in [-0.25, -0.2) is 24.9 Å². The van der Waals surface area contributed by atoms with Crippen LogP contribution in [0.5, 0.6) is 0 Å². The van der Waals surface area contributed by atoms with Crippen LogP contribution in [0.25, 0.3) is 216 Å². The molecule has 534 valence electrons. The third kappa shape index (κ3) is 11.0. The van der Waals surface area contributed by atoms with Gasteiger partial charge < -0.3 is 13.2 Å². The molecule has 15 aromatic carbocycles. The molecule has 0 atom stereocenters. The molecule has 0 spiro atoms. The average molecular weight is 1460 g/mol. The van der Waals surface area contributed by atoms with Crippen molar-refractivity contribution in [3.63, 3.8) is 0 Å². The minimum Gasteiger partial charge on any atom is -0.308 e. The molecule has 9 aromatic heterocycles. The molecule has 8 nitrogen and oxygen atoms in total. The van der Waals surface area contributed by atoms with E-state index >= 15 is 0 Å². The van der Waals surface area contributed by atoms with Gasteiger partial charge in [0, 0.05) is 109 Å². The van der Waals surface area contributed by atoms with E-state index in [-0.39, 0.29) is 0 Å². The van der Waals surface area contributed by atoms with Gasteiger partial charge in [0.05, 0.1) is 83.8 Å². The first-order valence-electron chi connectivity index (χ1n) is 38.9. The largest absolute Gasteiger partial charge is 0.308 e. The third-order valence-corrected chi connectivity index (χ3v) is 22.9.